The average molecular weight is 210 g/mol. The predicted octanol–water partition coefficient (Wildman–Crippen LogP) is 0.142. The summed E-state index contributed by atoms with van der Waals surface area (Å²) < 4.78 is 1.49. The standard InChI is InChI=1S/C9H14N4O2/c1-7(2)5-10-3-4-13-6-8(9(14)15)11-12-13/h6,10H,1,3-5H2,2H3,(H,14,15). The van der Waals surface area contributed by atoms with Gasteiger partial charge in [-0.25, -0.2) is 4.79 Å². The van der Waals surface area contributed by atoms with E-state index in [-0.39, 0.29) is 5.69 Å². The van der Waals surface area contributed by atoms with Gasteiger partial charge in [0.15, 0.2) is 5.69 Å². The van der Waals surface area contributed by atoms with Crippen LogP contribution in [0, 0.1) is 0 Å². The minimum absolute atomic E-state index is 0.0325. The second-order valence-electron chi connectivity index (χ2n) is 3.31. The lowest BCUT2D eigenvalue weighted by molar-refractivity contribution is 0.0690. The Morgan fingerprint density at radius 1 is 1.73 bits per heavy atom. The molecule has 0 saturated carbocycles. The second kappa shape index (κ2) is 5.26. The summed E-state index contributed by atoms with van der Waals surface area (Å²) in [6.07, 6.45) is 1.41. The number of rotatable bonds is 6. The van der Waals surface area contributed by atoms with E-state index in [0.717, 1.165) is 12.1 Å². The van der Waals surface area contributed by atoms with Crippen molar-refractivity contribution in [3.05, 3.63) is 24.0 Å². The summed E-state index contributed by atoms with van der Waals surface area (Å²) in [5.74, 6) is -1.06. The van der Waals surface area contributed by atoms with E-state index >= 15 is 0 Å². The molecule has 0 aromatic carbocycles. The summed E-state index contributed by atoms with van der Waals surface area (Å²) in [4.78, 5) is 10.5. The van der Waals surface area contributed by atoms with E-state index in [1.54, 1.807) is 0 Å². The molecule has 0 spiro atoms. The number of carboxylic acids is 1. The molecule has 0 saturated heterocycles. The molecular weight excluding hydrogens is 196 g/mol. The Kier molecular flexibility index (Phi) is 3.99. The number of carboxylic acid groups (broad SMARTS) is 1. The van der Waals surface area contributed by atoms with E-state index in [1.165, 1.54) is 10.9 Å². The number of aromatic nitrogens is 3. The maximum atomic E-state index is 10.5. The quantitative estimate of drug-likeness (QED) is 0.515. The summed E-state index contributed by atoms with van der Waals surface area (Å²) in [6, 6.07) is 0. The first kappa shape index (κ1) is 11.4. The lowest BCUT2D eigenvalue weighted by atomic mass is 10.3. The maximum Gasteiger partial charge on any atom is 0.358 e. The van der Waals surface area contributed by atoms with Crippen molar-refractivity contribution >= 4 is 5.97 Å². The van der Waals surface area contributed by atoms with Gasteiger partial charge in [0.2, 0.25) is 0 Å². The smallest absolute Gasteiger partial charge is 0.358 e. The summed E-state index contributed by atoms with van der Waals surface area (Å²) in [5, 5.41) is 18.9. The fourth-order valence-electron chi connectivity index (χ4n) is 1.00. The van der Waals surface area contributed by atoms with E-state index < -0.39 is 5.97 Å². The molecule has 82 valence electrons. The van der Waals surface area contributed by atoms with Crippen LogP contribution in [-0.4, -0.2) is 39.2 Å². The van der Waals surface area contributed by atoms with Crippen LogP contribution in [0.1, 0.15) is 17.4 Å². The van der Waals surface area contributed by atoms with E-state index in [1.807, 2.05) is 6.92 Å². The molecule has 0 fully saturated rings. The molecule has 0 unspecified atom stereocenters. The fraction of sp³-hybridized carbons (Fsp3) is 0.444. The van der Waals surface area contributed by atoms with Gasteiger partial charge in [-0.05, 0) is 6.92 Å². The topological polar surface area (TPSA) is 80.0 Å². The average Bonchev–Trinajstić information content (AvgIpc) is 2.60. The van der Waals surface area contributed by atoms with Crippen LogP contribution in [0.4, 0.5) is 0 Å². The van der Waals surface area contributed by atoms with Crippen LogP contribution in [-0.2, 0) is 6.54 Å². The van der Waals surface area contributed by atoms with Gasteiger partial charge in [-0.1, -0.05) is 17.4 Å². The van der Waals surface area contributed by atoms with E-state index in [2.05, 4.69) is 22.2 Å². The molecular formula is C9H14N4O2. The molecule has 0 radical (unpaired) electrons. The van der Waals surface area contributed by atoms with Crippen molar-refractivity contribution < 1.29 is 9.90 Å². The number of nitrogens with one attached hydrogen (secondary N) is 1. The third-order valence-electron chi connectivity index (χ3n) is 1.70. The van der Waals surface area contributed by atoms with Gasteiger partial charge in [0.05, 0.1) is 12.7 Å². The van der Waals surface area contributed by atoms with Gasteiger partial charge in [0.1, 0.15) is 0 Å². The predicted molar refractivity (Wildman–Crippen MR) is 54.7 cm³/mol. The molecule has 6 heteroatoms. The Bertz CT molecular complexity index is 359. The molecule has 0 aliphatic carbocycles. The van der Waals surface area contributed by atoms with Crippen LogP contribution in [0.3, 0.4) is 0 Å². The Hall–Kier alpha value is -1.69. The molecule has 0 aliphatic heterocycles. The number of hydrogen-bond acceptors (Lipinski definition) is 4. The second-order valence-corrected chi connectivity index (χ2v) is 3.31. The maximum absolute atomic E-state index is 10.5. The molecule has 0 amide bonds. The zero-order chi connectivity index (χ0) is 11.3. The first-order chi connectivity index (χ1) is 7.09. The number of aromatic carboxylic acids is 1. The van der Waals surface area contributed by atoms with Crippen LogP contribution >= 0.6 is 0 Å². The molecule has 1 aromatic rings. The Labute approximate surface area is 87.6 Å². The first-order valence-electron chi connectivity index (χ1n) is 4.58. The van der Waals surface area contributed by atoms with Crippen LogP contribution in [0.5, 0.6) is 0 Å². The monoisotopic (exact) mass is 210 g/mol. The van der Waals surface area contributed by atoms with E-state index in [4.69, 9.17) is 5.11 Å². The van der Waals surface area contributed by atoms with Gasteiger partial charge in [0, 0.05) is 13.1 Å². The molecule has 0 aliphatic rings. The molecule has 1 aromatic heterocycles. The van der Waals surface area contributed by atoms with E-state index in [9.17, 15) is 4.79 Å². The molecule has 1 rings (SSSR count). The van der Waals surface area contributed by atoms with Crippen molar-refractivity contribution in [2.45, 2.75) is 13.5 Å². The lowest BCUT2D eigenvalue weighted by Crippen LogP contribution is -2.21. The number of nitrogens with zero attached hydrogens (tertiary/aromatic N) is 3. The van der Waals surface area contributed by atoms with Crippen LogP contribution in [0.15, 0.2) is 18.3 Å². The van der Waals surface area contributed by atoms with Gasteiger partial charge >= 0.3 is 5.97 Å². The van der Waals surface area contributed by atoms with Gasteiger partial charge in [-0.2, -0.15) is 0 Å². The molecule has 2 N–H and O–H groups in total. The first-order valence-corrected chi connectivity index (χ1v) is 4.58. The minimum Gasteiger partial charge on any atom is -0.476 e. The van der Waals surface area contributed by atoms with Crippen LogP contribution < -0.4 is 5.32 Å². The summed E-state index contributed by atoms with van der Waals surface area (Å²) in [7, 11) is 0. The molecule has 15 heavy (non-hydrogen) atoms. The number of hydrogen-bond donors (Lipinski definition) is 2. The highest BCUT2D eigenvalue weighted by atomic mass is 16.4. The van der Waals surface area contributed by atoms with Gasteiger partial charge in [-0.15, -0.1) is 5.10 Å². The highest BCUT2D eigenvalue weighted by Crippen LogP contribution is 1.91. The van der Waals surface area contributed by atoms with Crippen LogP contribution in [0.25, 0.3) is 0 Å². The summed E-state index contributed by atoms with van der Waals surface area (Å²) in [5.41, 5.74) is 1.02. The van der Waals surface area contributed by atoms with Crippen molar-refractivity contribution in [1.29, 1.82) is 0 Å². The highest BCUT2D eigenvalue weighted by molar-refractivity contribution is 5.84. The lowest BCUT2D eigenvalue weighted by Gasteiger charge is -2.02. The molecule has 6 nitrogen and oxygen atoms in total. The van der Waals surface area contributed by atoms with Crippen LogP contribution in [0.2, 0.25) is 0 Å². The Morgan fingerprint density at radius 3 is 3.00 bits per heavy atom. The molecule has 0 bridgehead atoms. The molecule has 0 atom stereocenters. The van der Waals surface area contributed by atoms with E-state index in [0.29, 0.717) is 13.1 Å². The third-order valence-corrected chi connectivity index (χ3v) is 1.70. The highest BCUT2D eigenvalue weighted by Gasteiger charge is 2.07. The SMILES string of the molecule is C=C(C)CNCCn1cc(C(=O)O)nn1. The van der Waals surface area contributed by atoms with Gasteiger partial charge in [-0.3, -0.25) is 4.68 Å². The number of carbonyl (C=O) groups is 1. The Balaban J connectivity index is 2.31. The van der Waals surface area contributed by atoms with Crippen molar-refractivity contribution in [3.63, 3.8) is 0 Å². The van der Waals surface area contributed by atoms with Crippen molar-refractivity contribution in [3.8, 4) is 0 Å². The minimum atomic E-state index is -1.06. The summed E-state index contributed by atoms with van der Waals surface area (Å²) in [6.45, 7) is 7.73. The zero-order valence-electron chi connectivity index (χ0n) is 8.60. The fourth-order valence-corrected chi connectivity index (χ4v) is 1.00. The molecule has 1 heterocycles. The Morgan fingerprint density at radius 2 is 2.47 bits per heavy atom. The normalized spacial score (nSPS) is 10.2. The third kappa shape index (κ3) is 3.90. The summed E-state index contributed by atoms with van der Waals surface area (Å²) >= 11 is 0. The largest absolute Gasteiger partial charge is 0.476 e. The van der Waals surface area contributed by atoms with Crippen molar-refractivity contribution in [2.24, 2.45) is 0 Å². The van der Waals surface area contributed by atoms with Gasteiger partial charge in [0.25, 0.3) is 0 Å². The zero-order valence-corrected chi connectivity index (χ0v) is 8.60. The van der Waals surface area contributed by atoms with Gasteiger partial charge < -0.3 is 10.4 Å². The van der Waals surface area contributed by atoms with Crippen molar-refractivity contribution in [2.75, 3.05) is 13.1 Å². The van der Waals surface area contributed by atoms with Crippen molar-refractivity contribution in [1.82, 2.24) is 20.3 Å².